The second kappa shape index (κ2) is 5.29. The Labute approximate surface area is 132 Å². The molecule has 1 aliphatic carbocycles. The van der Waals surface area contributed by atoms with Gasteiger partial charge in [0.2, 0.25) is 0 Å². The Balaban J connectivity index is 2.08. The number of rotatable bonds is 3. The molecule has 114 valence electrons. The zero-order valence-electron chi connectivity index (χ0n) is 12.7. The molecule has 5 heteroatoms. The number of aromatic nitrogens is 2. The molecule has 1 saturated carbocycles. The maximum absolute atomic E-state index is 11.5. The summed E-state index contributed by atoms with van der Waals surface area (Å²) in [6, 6.07) is 4.38. The van der Waals surface area contributed by atoms with Crippen LogP contribution in [0.15, 0.2) is 21.4 Å². The maximum atomic E-state index is 11.5. The lowest BCUT2D eigenvalue weighted by Crippen LogP contribution is -2.32. The average molecular weight is 352 g/mol. The highest BCUT2D eigenvalue weighted by Gasteiger charge is 2.40. The molecule has 4 nitrogen and oxygen atoms in total. The number of aromatic amines is 2. The lowest BCUT2D eigenvalue weighted by Gasteiger charge is -2.35. The number of imidazole rings is 1. The summed E-state index contributed by atoms with van der Waals surface area (Å²) in [7, 11) is 2.02. The number of hydrogen-bond acceptors (Lipinski definition) is 2. The second-order valence-corrected chi connectivity index (χ2v) is 7.61. The molecule has 0 spiro atoms. The minimum atomic E-state index is -0.156. The molecule has 21 heavy (non-hydrogen) atoms. The van der Waals surface area contributed by atoms with Crippen LogP contribution in [-0.4, -0.2) is 17.0 Å². The van der Waals surface area contributed by atoms with E-state index >= 15 is 0 Å². The van der Waals surface area contributed by atoms with Gasteiger partial charge in [0.25, 0.3) is 0 Å². The van der Waals surface area contributed by atoms with Crippen molar-refractivity contribution in [1.82, 2.24) is 15.3 Å². The highest BCUT2D eigenvalue weighted by molar-refractivity contribution is 9.10. The molecule has 0 amide bonds. The first kappa shape index (κ1) is 14.9. The van der Waals surface area contributed by atoms with E-state index in [4.69, 9.17) is 0 Å². The molecule has 1 aliphatic rings. The predicted octanol–water partition coefficient (Wildman–Crippen LogP) is 3.71. The predicted molar refractivity (Wildman–Crippen MR) is 89.5 cm³/mol. The quantitative estimate of drug-likeness (QED) is 0.789. The van der Waals surface area contributed by atoms with Gasteiger partial charge in [-0.1, -0.05) is 36.2 Å². The van der Waals surface area contributed by atoms with Crippen LogP contribution in [0.4, 0.5) is 0 Å². The smallest absolute Gasteiger partial charge is 0.313 e. The summed E-state index contributed by atoms with van der Waals surface area (Å²) in [5.41, 5.74) is 3.12. The van der Waals surface area contributed by atoms with E-state index in [0.717, 1.165) is 15.5 Å². The van der Waals surface area contributed by atoms with Gasteiger partial charge in [-0.15, -0.1) is 0 Å². The monoisotopic (exact) mass is 351 g/mol. The minimum Gasteiger partial charge on any atom is -0.313 e. The van der Waals surface area contributed by atoms with E-state index < -0.39 is 0 Å². The van der Waals surface area contributed by atoms with Crippen LogP contribution in [0.5, 0.6) is 0 Å². The summed E-state index contributed by atoms with van der Waals surface area (Å²) in [6.07, 6.45) is 3.81. The van der Waals surface area contributed by atoms with Gasteiger partial charge < -0.3 is 15.3 Å². The highest BCUT2D eigenvalue weighted by atomic mass is 79.9. The number of hydrogen-bond donors (Lipinski definition) is 3. The van der Waals surface area contributed by atoms with Crippen molar-refractivity contribution in [2.75, 3.05) is 7.05 Å². The molecule has 0 bridgehead atoms. The van der Waals surface area contributed by atoms with Crippen molar-refractivity contribution in [2.45, 2.75) is 39.2 Å². The number of benzene rings is 1. The van der Waals surface area contributed by atoms with E-state index in [1.807, 2.05) is 13.1 Å². The van der Waals surface area contributed by atoms with E-state index in [1.165, 1.54) is 24.8 Å². The van der Waals surface area contributed by atoms with Gasteiger partial charge in [-0.05, 0) is 48.9 Å². The van der Waals surface area contributed by atoms with Gasteiger partial charge in [-0.3, -0.25) is 0 Å². The summed E-state index contributed by atoms with van der Waals surface area (Å²) in [4.78, 5) is 17.1. The van der Waals surface area contributed by atoms with Crippen molar-refractivity contribution in [1.29, 1.82) is 0 Å². The average Bonchev–Trinajstić information content (AvgIpc) is 2.92. The topological polar surface area (TPSA) is 60.7 Å². The Kier molecular flexibility index (Phi) is 3.74. The molecule has 1 heterocycles. The molecule has 2 atom stereocenters. The Morgan fingerprint density at radius 2 is 2.00 bits per heavy atom. The first-order valence-corrected chi connectivity index (χ1v) is 8.30. The van der Waals surface area contributed by atoms with E-state index in [-0.39, 0.29) is 5.69 Å². The van der Waals surface area contributed by atoms with E-state index in [1.54, 1.807) is 0 Å². The Hall–Kier alpha value is -1.07. The fourth-order valence-corrected chi connectivity index (χ4v) is 4.45. The lowest BCUT2D eigenvalue weighted by molar-refractivity contribution is 0.203. The molecule has 0 radical (unpaired) electrons. The minimum absolute atomic E-state index is 0.156. The van der Waals surface area contributed by atoms with Crippen molar-refractivity contribution in [3.05, 3.63) is 32.7 Å². The number of H-pyrrole nitrogens is 2. The van der Waals surface area contributed by atoms with E-state index in [0.29, 0.717) is 17.4 Å². The lowest BCUT2D eigenvalue weighted by atomic mass is 9.75. The van der Waals surface area contributed by atoms with Gasteiger partial charge in [0.1, 0.15) is 0 Å². The number of nitrogens with one attached hydrogen (secondary N) is 3. The standard InChI is InChI=1S/C16H22BrN3O/c1-16(2)6-4-5-10(16)14(18-3)9-7-12-13(8-11(9)17)20-15(21)19-12/h7-8,10,14,18H,4-6H2,1-3H3,(H2,19,20,21). The molecule has 1 aromatic heterocycles. The fourth-order valence-electron chi connectivity index (χ4n) is 3.86. The van der Waals surface area contributed by atoms with Crippen LogP contribution in [0, 0.1) is 11.3 Å². The van der Waals surface area contributed by atoms with Crippen LogP contribution in [-0.2, 0) is 0 Å². The molecular weight excluding hydrogens is 330 g/mol. The van der Waals surface area contributed by atoms with Crippen LogP contribution in [0.3, 0.4) is 0 Å². The summed E-state index contributed by atoms with van der Waals surface area (Å²) < 4.78 is 1.05. The van der Waals surface area contributed by atoms with Gasteiger partial charge in [0, 0.05) is 10.5 Å². The molecular formula is C16H22BrN3O. The third kappa shape index (κ3) is 2.57. The van der Waals surface area contributed by atoms with Crippen molar-refractivity contribution in [3.8, 4) is 0 Å². The van der Waals surface area contributed by atoms with Crippen molar-refractivity contribution < 1.29 is 0 Å². The maximum Gasteiger partial charge on any atom is 0.323 e. The summed E-state index contributed by atoms with van der Waals surface area (Å²) in [6.45, 7) is 4.72. The molecule has 1 aromatic carbocycles. The van der Waals surface area contributed by atoms with Gasteiger partial charge in [0.15, 0.2) is 0 Å². The molecule has 2 aromatic rings. The largest absolute Gasteiger partial charge is 0.323 e. The van der Waals surface area contributed by atoms with Crippen LogP contribution in [0.1, 0.15) is 44.7 Å². The van der Waals surface area contributed by atoms with Crippen LogP contribution in [0.25, 0.3) is 11.0 Å². The second-order valence-electron chi connectivity index (χ2n) is 6.75. The Bertz CT molecular complexity index is 716. The van der Waals surface area contributed by atoms with Gasteiger partial charge in [0.05, 0.1) is 11.0 Å². The van der Waals surface area contributed by atoms with Crippen molar-refractivity contribution in [3.63, 3.8) is 0 Å². The summed E-state index contributed by atoms with van der Waals surface area (Å²) in [5.74, 6) is 0.599. The third-order valence-corrected chi connectivity index (χ3v) is 5.71. The normalized spacial score (nSPS) is 22.8. The summed E-state index contributed by atoms with van der Waals surface area (Å²) in [5, 5.41) is 3.50. The van der Waals surface area contributed by atoms with Crippen LogP contribution < -0.4 is 11.0 Å². The van der Waals surface area contributed by atoms with E-state index in [2.05, 4.69) is 51.1 Å². The Morgan fingerprint density at radius 1 is 1.33 bits per heavy atom. The third-order valence-electron chi connectivity index (χ3n) is 5.02. The molecule has 3 N–H and O–H groups in total. The SMILES string of the molecule is CNC(c1cc2[nH]c(=O)[nH]c2cc1Br)C1CCCC1(C)C. The van der Waals surface area contributed by atoms with Gasteiger partial charge >= 0.3 is 5.69 Å². The van der Waals surface area contributed by atoms with E-state index in [9.17, 15) is 4.79 Å². The van der Waals surface area contributed by atoms with Crippen LogP contribution >= 0.6 is 15.9 Å². The molecule has 0 saturated heterocycles. The first-order chi connectivity index (χ1) is 9.92. The Morgan fingerprint density at radius 3 is 2.57 bits per heavy atom. The number of fused-ring (bicyclic) bond motifs is 1. The number of halogens is 1. The summed E-state index contributed by atoms with van der Waals surface area (Å²) >= 11 is 3.68. The fraction of sp³-hybridized carbons (Fsp3) is 0.562. The van der Waals surface area contributed by atoms with Gasteiger partial charge in [-0.2, -0.15) is 0 Å². The van der Waals surface area contributed by atoms with Crippen LogP contribution in [0.2, 0.25) is 0 Å². The molecule has 0 aliphatic heterocycles. The highest BCUT2D eigenvalue weighted by Crippen LogP contribution is 2.49. The molecule has 2 unspecified atom stereocenters. The van der Waals surface area contributed by atoms with Gasteiger partial charge in [-0.25, -0.2) is 4.79 Å². The van der Waals surface area contributed by atoms with Crippen molar-refractivity contribution >= 4 is 27.0 Å². The first-order valence-electron chi connectivity index (χ1n) is 7.51. The zero-order chi connectivity index (χ0) is 15.2. The molecule has 1 fully saturated rings. The van der Waals surface area contributed by atoms with Crippen molar-refractivity contribution in [2.24, 2.45) is 11.3 Å². The molecule has 3 rings (SSSR count). The zero-order valence-corrected chi connectivity index (χ0v) is 14.3.